The van der Waals surface area contributed by atoms with Gasteiger partial charge >= 0.3 is 11.4 Å². The van der Waals surface area contributed by atoms with Gasteiger partial charge in [-0.3, -0.25) is 0 Å². The highest BCUT2D eigenvalue weighted by atomic mass is 28.4. The van der Waals surface area contributed by atoms with E-state index >= 15 is 0 Å². The molecule has 6 nitrogen and oxygen atoms in total. The molecule has 7 heteroatoms. The monoisotopic (exact) mass is 371 g/mol. The summed E-state index contributed by atoms with van der Waals surface area (Å²) >= 11 is 0. The summed E-state index contributed by atoms with van der Waals surface area (Å²) in [5.41, 5.74) is -0.0960. The number of para-hydroxylation sites is 1. The van der Waals surface area contributed by atoms with Gasteiger partial charge in [-0.25, -0.2) is 23.5 Å². The minimum absolute atomic E-state index is 0.115. The van der Waals surface area contributed by atoms with E-state index in [1.54, 1.807) is 21.5 Å². The molecule has 2 aliphatic heterocycles. The Morgan fingerprint density at radius 2 is 1.65 bits per heavy atom. The second-order valence-electron chi connectivity index (χ2n) is 8.86. The van der Waals surface area contributed by atoms with Crippen LogP contribution in [-0.4, -0.2) is 22.2 Å². The summed E-state index contributed by atoms with van der Waals surface area (Å²) in [6.07, 6.45) is 2.84. The zero-order valence-corrected chi connectivity index (χ0v) is 16.9. The van der Waals surface area contributed by atoms with Crippen molar-refractivity contribution in [2.45, 2.75) is 52.0 Å². The van der Waals surface area contributed by atoms with Crippen LogP contribution in [0.2, 0.25) is 19.6 Å². The van der Waals surface area contributed by atoms with Gasteiger partial charge in [0.1, 0.15) is 11.8 Å². The number of allylic oxidation sites excluding steroid dienone is 2. The van der Waals surface area contributed by atoms with Crippen LogP contribution in [0.15, 0.2) is 51.8 Å². The molecule has 2 unspecified atom stereocenters. The van der Waals surface area contributed by atoms with Crippen molar-refractivity contribution in [3.63, 3.8) is 0 Å². The molecule has 0 radical (unpaired) electrons. The SMILES string of the molecule is CC1(C)CC2C(O[Si](C)(C)C)=CC1n1c(=O)n(-c3ccccc3)c(=O)n12. The smallest absolute Gasteiger partial charge is 0.352 e. The molecule has 0 fully saturated rings. The second-order valence-corrected chi connectivity index (χ2v) is 13.3. The lowest BCUT2D eigenvalue weighted by atomic mass is 9.73. The Morgan fingerprint density at radius 3 is 2.27 bits per heavy atom. The van der Waals surface area contributed by atoms with Crippen LogP contribution in [0, 0.1) is 5.41 Å². The average Bonchev–Trinajstić information content (AvgIpc) is 2.80. The fourth-order valence-corrected chi connectivity index (χ4v) is 4.99. The van der Waals surface area contributed by atoms with E-state index in [1.165, 1.54) is 4.57 Å². The molecule has 0 saturated heterocycles. The van der Waals surface area contributed by atoms with E-state index in [1.807, 2.05) is 18.2 Å². The van der Waals surface area contributed by atoms with E-state index in [4.69, 9.17) is 4.43 Å². The first-order chi connectivity index (χ1) is 12.1. The molecule has 0 spiro atoms. The van der Waals surface area contributed by atoms with Crippen molar-refractivity contribution in [2.24, 2.45) is 5.41 Å². The molecule has 5 rings (SSSR count). The van der Waals surface area contributed by atoms with E-state index < -0.39 is 8.32 Å². The van der Waals surface area contributed by atoms with Gasteiger partial charge < -0.3 is 4.43 Å². The Bertz CT molecular complexity index is 1010. The maximum Gasteiger partial charge on any atom is 0.352 e. The number of aromatic nitrogens is 3. The number of hydrogen-bond donors (Lipinski definition) is 0. The lowest BCUT2D eigenvalue weighted by Gasteiger charge is -2.48. The maximum atomic E-state index is 13.2. The molecule has 2 atom stereocenters. The number of rotatable bonds is 3. The van der Waals surface area contributed by atoms with Crippen LogP contribution in [0.25, 0.3) is 5.69 Å². The maximum absolute atomic E-state index is 13.2. The van der Waals surface area contributed by atoms with Crippen LogP contribution in [-0.2, 0) is 4.43 Å². The zero-order chi connectivity index (χ0) is 18.9. The van der Waals surface area contributed by atoms with Gasteiger partial charge in [0.2, 0.25) is 8.32 Å². The highest BCUT2D eigenvalue weighted by Gasteiger charge is 2.49. The topological polar surface area (TPSA) is 58.2 Å². The van der Waals surface area contributed by atoms with Crippen molar-refractivity contribution < 1.29 is 4.43 Å². The van der Waals surface area contributed by atoms with Crippen LogP contribution in [0.4, 0.5) is 0 Å². The number of benzene rings is 1. The molecule has 26 heavy (non-hydrogen) atoms. The molecule has 2 aromatic rings. The lowest BCUT2D eigenvalue weighted by Crippen LogP contribution is -2.50. The molecular formula is C19H25N3O3Si. The van der Waals surface area contributed by atoms with Gasteiger partial charge in [0, 0.05) is 0 Å². The highest BCUT2D eigenvalue weighted by molar-refractivity contribution is 6.70. The largest absolute Gasteiger partial charge is 0.546 e. The Labute approximate surface area is 153 Å². The summed E-state index contributed by atoms with van der Waals surface area (Å²) in [5.74, 6) is 0.848. The molecule has 0 saturated carbocycles. The first kappa shape index (κ1) is 17.1. The molecule has 0 N–H and O–H groups in total. The predicted molar refractivity (Wildman–Crippen MR) is 103 cm³/mol. The van der Waals surface area contributed by atoms with Gasteiger partial charge in [0.25, 0.3) is 0 Å². The highest BCUT2D eigenvalue weighted by Crippen LogP contribution is 2.50. The van der Waals surface area contributed by atoms with E-state index in [9.17, 15) is 9.59 Å². The van der Waals surface area contributed by atoms with Crippen molar-refractivity contribution in [3.05, 3.63) is 63.1 Å². The first-order valence-electron chi connectivity index (χ1n) is 9.02. The fraction of sp³-hybridized carbons (Fsp3) is 0.474. The molecule has 0 amide bonds. The fourth-order valence-electron chi connectivity index (χ4n) is 4.08. The molecule has 2 bridgehead atoms. The Morgan fingerprint density at radius 1 is 1.04 bits per heavy atom. The number of hydrogen-bond acceptors (Lipinski definition) is 3. The van der Waals surface area contributed by atoms with E-state index in [-0.39, 0.29) is 28.9 Å². The molecule has 1 aromatic carbocycles. The summed E-state index contributed by atoms with van der Waals surface area (Å²) in [6.45, 7) is 10.7. The van der Waals surface area contributed by atoms with Crippen molar-refractivity contribution >= 4 is 8.32 Å². The third-order valence-corrected chi connectivity index (χ3v) is 6.02. The summed E-state index contributed by atoms with van der Waals surface area (Å²) in [5, 5.41) is 0. The van der Waals surface area contributed by atoms with Gasteiger partial charge in [-0.05, 0) is 49.7 Å². The van der Waals surface area contributed by atoms with E-state index in [2.05, 4.69) is 39.6 Å². The normalized spacial score (nSPS) is 23.5. The summed E-state index contributed by atoms with van der Waals surface area (Å²) in [7, 11) is -1.82. The Balaban J connectivity index is 1.94. The zero-order valence-electron chi connectivity index (χ0n) is 15.9. The Hall–Kier alpha value is -2.28. The van der Waals surface area contributed by atoms with Gasteiger partial charge in [0.15, 0.2) is 0 Å². The third kappa shape index (κ3) is 2.45. The summed E-state index contributed by atoms with van der Waals surface area (Å²) in [6, 6.07) is 8.69. The minimum atomic E-state index is -1.82. The van der Waals surface area contributed by atoms with Crippen LogP contribution in [0.1, 0.15) is 32.4 Å². The predicted octanol–water partition coefficient (Wildman–Crippen LogP) is 3.06. The quantitative estimate of drug-likeness (QED) is 0.779. The molecule has 3 heterocycles. The first-order valence-corrected chi connectivity index (χ1v) is 12.4. The van der Waals surface area contributed by atoms with Crippen LogP contribution in [0.3, 0.4) is 0 Å². The molecule has 3 aliphatic rings. The van der Waals surface area contributed by atoms with Gasteiger partial charge in [0.05, 0.1) is 11.7 Å². The number of fused-ring (bicyclic) bond motifs is 1. The van der Waals surface area contributed by atoms with Gasteiger partial charge in [-0.1, -0.05) is 32.0 Å². The number of nitrogens with zero attached hydrogens (tertiary/aromatic N) is 3. The van der Waals surface area contributed by atoms with E-state index in [0.29, 0.717) is 5.69 Å². The van der Waals surface area contributed by atoms with Crippen LogP contribution in [0.5, 0.6) is 0 Å². The van der Waals surface area contributed by atoms with Crippen molar-refractivity contribution in [2.75, 3.05) is 0 Å². The van der Waals surface area contributed by atoms with Crippen molar-refractivity contribution in [1.82, 2.24) is 13.9 Å². The van der Waals surface area contributed by atoms with Gasteiger partial charge in [-0.2, -0.15) is 0 Å². The van der Waals surface area contributed by atoms with Crippen LogP contribution >= 0.6 is 0 Å². The standard InChI is InChI=1S/C19H25N3O3Si/c1-19(2)12-14-15(25-26(3,4)5)11-16(19)22-18(24)20(17(23)21(14)22)13-9-7-6-8-10-13/h6-11,14,16H,12H2,1-5H3. The summed E-state index contributed by atoms with van der Waals surface area (Å²) in [4.78, 5) is 26.3. The van der Waals surface area contributed by atoms with Crippen LogP contribution < -0.4 is 11.4 Å². The van der Waals surface area contributed by atoms with Crippen molar-refractivity contribution in [1.29, 1.82) is 0 Å². The minimum Gasteiger partial charge on any atom is -0.546 e. The molecule has 1 aliphatic carbocycles. The lowest BCUT2D eigenvalue weighted by molar-refractivity contribution is 0.0713. The summed E-state index contributed by atoms with van der Waals surface area (Å²) < 4.78 is 10.8. The van der Waals surface area contributed by atoms with Gasteiger partial charge in [-0.15, -0.1) is 0 Å². The average molecular weight is 372 g/mol. The van der Waals surface area contributed by atoms with E-state index in [0.717, 1.165) is 12.2 Å². The molecular weight excluding hydrogens is 346 g/mol. The molecule has 138 valence electrons. The molecule has 1 aromatic heterocycles. The van der Waals surface area contributed by atoms with Crippen molar-refractivity contribution in [3.8, 4) is 5.69 Å². The third-order valence-electron chi connectivity index (χ3n) is 5.17. The second kappa shape index (κ2) is 5.36. The Kier molecular flexibility index (Phi) is 3.53.